The number of hydrogen-bond acceptors (Lipinski definition) is 4. The first-order valence-electron chi connectivity index (χ1n) is 6.83. The van der Waals surface area contributed by atoms with Crippen molar-refractivity contribution in [3.8, 4) is 0 Å². The van der Waals surface area contributed by atoms with Gasteiger partial charge in [-0.1, -0.05) is 0 Å². The fourth-order valence-electron chi connectivity index (χ4n) is 2.20. The van der Waals surface area contributed by atoms with Gasteiger partial charge in [0, 0.05) is 31.6 Å². The summed E-state index contributed by atoms with van der Waals surface area (Å²) in [6.45, 7) is 3.02. The maximum absolute atomic E-state index is 11.4. The molecule has 1 aliphatic heterocycles. The van der Waals surface area contributed by atoms with Crippen molar-refractivity contribution in [2.45, 2.75) is 26.2 Å². The monoisotopic (exact) mass is 276 g/mol. The molecule has 2 rings (SSSR count). The van der Waals surface area contributed by atoms with Gasteiger partial charge in [-0.05, 0) is 31.0 Å². The van der Waals surface area contributed by atoms with E-state index in [0.717, 1.165) is 16.9 Å². The van der Waals surface area contributed by atoms with E-state index in [1.165, 1.54) is 0 Å². The normalized spacial score (nSPS) is 13.3. The van der Waals surface area contributed by atoms with Crippen molar-refractivity contribution in [1.82, 2.24) is 5.32 Å². The van der Waals surface area contributed by atoms with Gasteiger partial charge in [0.1, 0.15) is 0 Å². The van der Waals surface area contributed by atoms with Crippen LogP contribution in [-0.4, -0.2) is 24.9 Å². The number of benzene rings is 1. The van der Waals surface area contributed by atoms with Crippen molar-refractivity contribution < 1.29 is 9.59 Å². The van der Waals surface area contributed by atoms with E-state index in [4.69, 9.17) is 5.73 Å². The van der Waals surface area contributed by atoms with Gasteiger partial charge in [-0.2, -0.15) is 0 Å². The summed E-state index contributed by atoms with van der Waals surface area (Å²) < 4.78 is 0. The molecule has 1 aromatic rings. The molecule has 0 saturated carbocycles. The fraction of sp³-hybridized carbons (Fsp3) is 0.429. The Morgan fingerprint density at radius 3 is 2.95 bits per heavy atom. The summed E-state index contributed by atoms with van der Waals surface area (Å²) in [6, 6.07) is 3.71. The standard InChI is InChI=1S/C14H20N4O2/c1-2-16-13(19)5-6-17-12-8-11-9(7-10(12)15)3-4-14(20)18-11/h7-8,17H,2-6,15H2,1H3,(H,16,19)(H,18,20). The molecule has 1 aliphatic rings. The van der Waals surface area contributed by atoms with Crippen LogP contribution in [0.5, 0.6) is 0 Å². The average Bonchev–Trinajstić information content (AvgIpc) is 2.40. The number of nitrogens with two attached hydrogens (primary N) is 1. The SMILES string of the molecule is CCNC(=O)CCNc1cc2c(cc1N)CCC(=O)N2. The zero-order valence-corrected chi connectivity index (χ0v) is 11.6. The minimum atomic E-state index is 0.00448. The summed E-state index contributed by atoms with van der Waals surface area (Å²) in [4.78, 5) is 22.7. The molecule has 20 heavy (non-hydrogen) atoms. The molecule has 108 valence electrons. The third kappa shape index (κ3) is 3.40. The molecule has 2 amide bonds. The minimum Gasteiger partial charge on any atom is -0.397 e. The Labute approximate surface area is 118 Å². The zero-order chi connectivity index (χ0) is 14.5. The molecule has 0 bridgehead atoms. The number of hydrogen-bond donors (Lipinski definition) is 4. The number of anilines is 3. The highest BCUT2D eigenvalue weighted by molar-refractivity contribution is 5.95. The van der Waals surface area contributed by atoms with Crippen LogP contribution >= 0.6 is 0 Å². The van der Waals surface area contributed by atoms with E-state index in [-0.39, 0.29) is 11.8 Å². The fourth-order valence-corrected chi connectivity index (χ4v) is 2.20. The van der Waals surface area contributed by atoms with Crippen LogP contribution in [-0.2, 0) is 16.0 Å². The number of fused-ring (bicyclic) bond motifs is 1. The van der Waals surface area contributed by atoms with Crippen LogP contribution in [0.3, 0.4) is 0 Å². The predicted molar refractivity (Wildman–Crippen MR) is 79.6 cm³/mol. The molecule has 0 atom stereocenters. The number of amides is 2. The highest BCUT2D eigenvalue weighted by Gasteiger charge is 2.16. The number of aryl methyl sites for hydroxylation is 1. The first-order chi connectivity index (χ1) is 9.60. The number of rotatable bonds is 5. The number of carbonyl (C=O) groups excluding carboxylic acids is 2. The van der Waals surface area contributed by atoms with Gasteiger partial charge in [-0.25, -0.2) is 0 Å². The Hall–Kier alpha value is -2.24. The van der Waals surface area contributed by atoms with E-state index >= 15 is 0 Å². The molecular formula is C14H20N4O2. The third-order valence-corrected chi connectivity index (χ3v) is 3.21. The van der Waals surface area contributed by atoms with Gasteiger partial charge in [-0.3, -0.25) is 9.59 Å². The second-order valence-electron chi connectivity index (χ2n) is 4.78. The number of nitrogen functional groups attached to an aromatic ring is 1. The Morgan fingerprint density at radius 2 is 2.20 bits per heavy atom. The van der Waals surface area contributed by atoms with Crippen LogP contribution in [0.4, 0.5) is 17.1 Å². The maximum Gasteiger partial charge on any atom is 0.224 e. The van der Waals surface area contributed by atoms with E-state index in [2.05, 4.69) is 16.0 Å². The van der Waals surface area contributed by atoms with Crippen molar-refractivity contribution in [3.63, 3.8) is 0 Å². The summed E-state index contributed by atoms with van der Waals surface area (Å²) in [6.07, 6.45) is 1.59. The van der Waals surface area contributed by atoms with Crippen molar-refractivity contribution in [2.75, 3.05) is 29.5 Å². The number of carbonyl (C=O) groups is 2. The van der Waals surface area contributed by atoms with Crippen LogP contribution < -0.4 is 21.7 Å². The number of nitrogens with one attached hydrogen (secondary N) is 3. The topological polar surface area (TPSA) is 96.2 Å². The maximum atomic E-state index is 11.4. The van der Waals surface area contributed by atoms with E-state index in [1.807, 2.05) is 19.1 Å². The van der Waals surface area contributed by atoms with E-state index in [0.29, 0.717) is 38.0 Å². The van der Waals surface area contributed by atoms with Gasteiger partial charge < -0.3 is 21.7 Å². The van der Waals surface area contributed by atoms with E-state index in [9.17, 15) is 9.59 Å². The highest BCUT2D eigenvalue weighted by Crippen LogP contribution is 2.30. The van der Waals surface area contributed by atoms with Crippen molar-refractivity contribution in [1.29, 1.82) is 0 Å². The van der Waals surface area contributed by atoms with Crippen LogP contribution in [0.15, 0.2) is 12.1 Å². The minimum absolute atomic E-state index is 0.00448. The molecule has 0 aliphatic carbocycles. The van der Waals surface area contributed by atoms with Gasteiger partial charge in [0.25, 0.3) is 0 Å². The van der Waals surface area contributed by atoms with Crippen LogP contribution in [0.25, 0.3) is 0 Å². The Kier molecular flexibility index (Phi) is 4.45. The van der Waals surface area contributed by atoms with Crippen molar-refractivity contribution in [2.24, 2.45) is 0 Å². The first-order valence-corrected chi connectivity index (χ1v) is 6.83. The third-order valence-electron chi connectivity index (χ3n) is 3.21. The quantitative estimate of drug-likeness (QED) is 0.605. The molecule has 0 unspecified atom stereocenters. The van der Waals surface area contributed by atoms with Crippen LogP contribution in [0.1, 0.15) is 25.3 Å². The first kappa shape index (κ1) is 14.2. The molecule has 1 heterocycles. The van der Waals surface area contributed by atoms with Crippen molar-refractivity contribution >= 4 is 28.9 Å². The summed E-state index contributed by atoms with van der Waals surface area (Å²) in [7, 11) is 0. The van der Waals surface area contributed by atoms with Crippen LogP contribution in [0.2, 0.25) is 0 Å². The zero-order valence-electron chi connectivity index (χ0n) is 11.6. The molecule has 5 N–H and O–H groups in total. The summed E-state index contributed by atoms with van der Waals surface area (Å²) in [5, 5.41) is 8.70. The Bertz CT molecular complexity index is 528. The molecule has 6 nitrogen and oxygen atoms in total. The van der Waals surface area contributed by atoms with Crippen LogP contribution in [0, 0.1) is 0 Å². The van der Waals surface area contributed by atoms with Gasteiger partial charge >= 0.3 is 0 Å². The van der Waals surface area contributed by atoms with Gasteiger partial charge in [0.05, 0.1) is 11.4 Å². The average molecular weight is 276 g/mol. The predicted octanol–water partition coefficient (Wildman–Crippen LogP) is 1.09. The largest absolute Gasteiger partial charge is 0.397 e. The lowest BCUT2D eigenvalue weighted by Gasteiger charge is -2.19. The Morgan fingerprint density at radius 1 is 1.40 bits per heavy atom. The highest BCUT2D eigenvalue weighted by atomic mass is 16.2. The molecular weight excluding hydrogens is 256 g/mol. The second-order valence-corrected chi connectivity index (χ2v) is 4.78. The lowest BCUT2D eigenvalue weighted by atomic mass is 10.0. The molecule has 0 aromatic heterocycles. The lowest BCUT2D eigenvalue weighted by molar-refractivity contribution is -0.120. The van der Waals surface area contributed by atoms with E-state index in [1.54, 1.807) is 0 Å². The summed E-state index contributed by atoms with van der Waals surface area (Å²) >= 11 is 0. The molecule has 0 radical (unpaired) electrons. The molecule has 6 heteroatoms. The summed E-state index contributed by atoms with van der Waals surface area (Å²) in [5.74, 6) is 0.0281. The van der Waals surface area contributed by atoms with Crippen molar-refractivity contribution in [3.05, 3.63) is 17.7 Å². The lowest BCUT2D eigenvalue weighted by Crippen LogP contribution is -2.25. The smallest absolute Gasteiger partial charge is 0.224 e. The van der Waals surface area contributed by atoms with Gasteiger partial charge in [0.2, 0.25) is 11.8 Å². The molecule has 1 aromatic carbocycles. The molecule has 0 fully saturated rings. The summed E-state index contributed by atoms with van der Waals surface area (Å²) in [5.41, 5.74) is 9.21. The van der Waals surface area contributed by atoms with E-state index < -0.39 is 0 Å². The second kappa shape index (κ2) is 6.27. The molecule has 0 saturated heterocycles. The Balaban J connectivity index is 2.00. The van der Waals surface area contributed by atoms with Gasteiger partial charge in [-0.15, -0.1) is 0 Å². The van der Waals surface area contributed by atoms with Gasteiger partial charge in [0.15, 0.2) is 0 Å². The molecule has 0 spiro atoms.